The van der Waals surface area contributed by atoms with Crippen LogP contribution in [0.3, 0.4) is 0 Å². The van der Waals surface area contributed by atoms with Gasteiger partial charge >= 0.3 is 0 Å². The summed E-state index contributed by atoms with van der Waals surface area (Å²) in [7, 11) is 0. The van der Waals surface area contributed by atoms with Gasteiger partial charge in [-0.1, -0.05) is 19.8 Å². The van der Waals surface area contributed by atoms with Gasteiger partial charge in [-0.2, -0.15) is 0 Å². The van der Waals surface area contributed by atoms with Crippen LogP contribution in [-0.2, 0) is 4.74 Å². The minimum Gasteiger partial charge on any atom is -0.370 e. The Hall–Kier alpha value is -0.0400. The molecule has 1 fully saturated rings. The molecule has 0 aromatic heterocycles. The molecular formula is C7H14O. The first kappa shape index (κ1) is 6.09. The highest BCUT2D eigenvalue weighted by atomic mass is 16.6. The van der Waals surface area contributed by atoms with Gasteiger partial charge in [-0.25, -0.2) is 0 Å². The lowest BCUT2D eigenvalue weighted by Crippen LogP contribution is -1.87. The van der Waals surface area contributed by atoms with Crippen molar-refractivity contribution >= 4 is 0 Å². The molecule has 1 rings (SSSR count). The van der Waals surface area contributed by atoms with Crippen molar-refractivity contribution in [3.05, 3.63) is 0 Å². The third-order valence-electron chi connectivity index (χ3n) is 1.68. The predicted octanol–water partition coefficient (Wildman–Crippen LogP) is 1.96. The van der Waals surface area contributed by atoms with Gasteiger partial charge in [-0.05, 0) is 13.3 Å². The molecule has 1 heterocycles. The number of unbranched alkanes of at least 4 members (excludes halogenated alkanes) is 1. The molecule has 1 aliphatic heterocycles. The maximum Gasteiger partial charge on any atom is 0.0839 e. The van der Waals surface area contributed by atoms with Crippen molar-refractivity contribution < 1.29 is 4.74 Å². The fourth-order valence-electron chi connectivity index (χ4n) is 0.938. The summed E-state index contributed by atoms with van der Waals surface area (Å²) in [5, 5.41) is 0. The lowest BCUT2D eigenvalue weighted by molar-refractivity contribution is 0.366. The smallest absolute Gasteiger partial charge is 0.0839 e. The molecule has 48 valence electrons. The maximum absolute atomic E-state index is 5.22. The molecule has 8 heavy (non-hydrogen) atoms. The molecule has 0 aromatic carbocycles. The summed E-state index contributed by atoms with van der Waals surface area (Å²) < 4.78 is 5.22. The quantitative estimate of drug-likeness (QED) is 0.511. The molecule has 0 radical (unpaired) electrons. The van der Waals surface area contributed by atoms with Crippen molar-refractivity contribution in [2.24, 2.45) is 0 Å². The van der Waals surface area contributed by atoms with E-state index in [0.717, 1.165) is 0 Å². The van der Waals surface area contributed by atoms with Crippen molar-refractivity contribution in [1.82, 2.24) is 0 Å². The van der Waals surface area contributed by atoms with E-state index in [4.69, 9.17) is 4.74 Å². The van der Waals surface area contributed by atoms with Gasteiger partial charge in [0.05, 0.1) is 12.2 Å². The van der Waals surface area contributed by atoms with Crippen molar-refractivity contribution in [2.75, 3.05) is 0 Å². The Balaban J connectivity index is 1.89. The van der Waals surface area contributed by atoms with E-state index in [1.165, 1.54) is 19.3 Å². The second kappa shape index (κ2) is 2.49. The van der Waals surface area contributed by atoms with Gasteiger partial charge in [0, 0.05) is 0 Å². The van der Waals surface area contributed by atoms with Crippen LogP contribution in [0.2, 0.25) is 0 Å². The Labute approximate surface area is 51.0 Å². The van der Waals surface area contributed by atoms with E-state index in [2.05, 4.69) is 13.8 Å². The Morgan fingerprint density at radius 2 is 2.12 bits per heavy atom. The minimum atomic E-state index is 0.571. The molecule has 0 N–H and O–H groups in total. The van der Waals surface area contributed by atoms with Crippen molar-refractivity contribution in [2.45, 2.75) is 45.3 Å². The van der Waals surface area contributed by atoms with Gasteiger partial charge in [0.25, 0.3) is 0 Å². The average Bonchev–Trinajstić information content (AvgIpc) is 2.42. The summed E-state index contributed by atoms with van der Waals surface area (Å²) in [6, 6.07) is 0. The molecule has 0 unspecified atom stereocenters. The highest BCUT2D eigenvalue weighted by molar-refractivity contribution is 4.79. The Morgan fingerprint density at radius 3 is 2.50 bits per heavy atom. The SMILES string of the molecule is CCCC[C@H]1O[C@@H]1C. The lowest BCUT2D eigenvalue weighted by atomic mass is 10.2. The first-order chi connectivity index (χ1) is 3.84. The number of hydrogen-bond acceptors (Lipinski definition) is 1. The lowest BCUT2D eigenvalue weighted by Gasteiger charge is -1.87. The van der Waals surface area contributed by atoms with E-state index in [1.54, 1.807) is 0 Å². The molecule has 1 saturated heterocycles. The Bertz CT molecular complexity index is 70.8. The fraction of sp³-hybridized carbons (Fsp3) is 1.00. The zero-order valence-corrected chi connectivity index (χ0v) is 5.68. The largest absolute Gasteiger partial charge is 0.370 e. The number of hydrogen-bond donors (Lipinski definition) is 0. The molecule has 0 amide bonds. The van der Waals surface area contributed by atoms with Gasteiger partial charge in [0.1, 0.15) is 0 Å². The Morgan fingerprint density at radius 1 is 1.50 bits per heavy atom. The number of epoxide rings is 1. The highest BCUT2D eigenvalue weighted by Crippen LogP contribution is 2.25. The zero-order valence-electron chi connectivity index (χ0n) is 5.68. The van der Waals surface area contributed by atoms with Crippen LogP contribution in [-0.4, -0.2) is 12.2 Å². The van der Waals surface area contributed by atoms with E-state index in [-0.39, 0.29) is 0 Å². The second-order valence-electron chi connectivity index (χ2n) is 2.52. The van der Waals surface area contributed by atoms with Gasteiger partial charge in [0.15, 0.2) is 0 Å². The maximum atomic E-state index is 5.22. The van der Waals surface area contributed by atoms with Gasteiger partial charge < -0.3 is 4.74 Å². The average molecular weight is 114 g/mol. The monoisotopic (exact) mass is 114 g/mol. The molecule has 0 bridgehead atoms. The van der Waals surface area contributed by atoms with Gasteiger partial charge in [-0.15, -0.1) is 0 Å². The van der Waals surface area contributed by atoms with E-state index in [9.17, 15) is 0 Å². The minimum absolute atomic E-state index is 0.571. The van der Waals surface area contributed by atoms with Crippen LogP contribution < -0.4 is 0 Å². The summed E-state index contributed by atoms with van der Waals surface area (Å²) in [4.78, 5) is 0. The molecule has 0 aliphatic carbocycles. The summed E-state index contributed by atoms with van der Waals surface area (Å²) in [6.07, 6.45) is 5.09. The first-order valence-electron chi connectivity index (χ1n) is 3.50. The van der Waals surface area contributed by atoms with Crippen LogP contribution in [0, 0.1) is 0 Å². The standard InChI is InChI=1S/C7H14O/c1-3-4-5-7-6(2)8-7/h6-7H,3-5H2,1-2H3/t6-,7-/m1/s1. The van der Waals surface area contributed by atoms with Crippen LogP contribution >= 0.6 is 0 Å². The van der Waals surface area contributed by atoms with Crippen molar-refractivity contribution in [3.8, 4) is 0 Å². The Kier molecular flexibility index (Phi) is 1.90. The summed E-state index contributed by atoms with van der Waals surface area (Å²) in [5.74, 6) is 0. The fourth-order valence-corrected chi connectivity index (χ4v) is 0.938. The van der Waals surface area contributed by atoms with Crippen molar-refractivity contribution in [1.29, 1.82) is 0 Å². The van der Waals surface area contributed by atoms with E-state index in [0.29, 0.717) is 12.2 Å². The van der Waals surface area contributed by atoms with E-state index < -0.39 is 0 Å². The third-order valence-corrected chi connectivity index (χ3v) is 1.68. The van der Waals surface area contributed by atoms with Gasteiger partial charge in [0.2, 0.25) is 0 Å². The molecule has 2 atom stereocenters. The normalized spacial score (nSPS) is 35.2. The molecule has 0 aromatic rings. The van der Waals surface area contributed by atoms with E-state index in [1.807, 2.05) is 0 Å². The molecule has 0 spiro atoms. The molecule has 0 saturated carbocycles. The highest BCUT2D eigenvalue weighted by Gasteiger charge is 2.32. The van der Waals surface area contributed by atoms with Crippen LogP contribution in [0.5, 0.6) is 0 Å². The van der Waals surface area contributed by atoms with Crippen LogP contribution in [0.25, 0.3) is 0 Å². The van der Waals surface area contributed by atoms with Crippen LogP contribution in [0.1, 0.15) is 33.1 Å². The molecular weight excluding hydrogens is 100 g/mol. The van der Waals surface area contributed by atoms with Crippen LogP contribution in [0.15, 0.2) is 0 Å². The molecule has 1 heteroatoms. The summed E-state index contributed by atoms with van der Waals surface area (Å²) in [6.45, 7) is 4.35. The number of rotatable bonds is 3. The topological polar surface area (TPSA) is 12.5 Å². The van der Waals surface area contributed by atoms with Gasteiger partial charge in [-0.3, -0.25) is 0 Å². The van der Waals surface area contributed by atoms with E-state index >= 15 is 0 Å². The molecule has 1 nitrogen and oxygen atoms in total. The number of ether oxygens (including phenoxy) is 1. The third kappa shape index (κ3) is 1.48. The van der Waals surface area contributed by atoms with Crippen molar-refractivity contribution in [3.63, 3.8) is 0 Å². The second-order valence-corrected chi connectivity index (χ2v) is 2.52. The zero-order chi connectivity index (χ0) is 5.98. The predicted molar refractivity (Wildman–Crippen MR) is 33.9 cm³/mol. The summed E-state index contributed by atoms with van der Waals surface area (Å²) >= 11 is 0. The summed E-state index contributed by atoms with van der Waals surface area (Å²) in [5.41, 5.74) is 0. The molecule has 1 aliphatic rings. The first-order valence-corrected chi connectivity index (χ1v) is 3.50. The van der Waals surface area contributed by atoms with Crippen LogP contribution in [0.4, 0.5) is 0 Å².